The molecule has 1 unspecified atom stereocenters. The summed E-state index contributed by atoms with van der Waals surface area (Å²) in [5.41, 5.74) is 0.371. The highest BCUT2D eigenvalue weighted by Crippen LogP contribution is 2.41. The topological polar surface area (TPSA) is 9.23 Å². The fraction of sp³-hybridized carbons (Fsp3) is 1.00. The standard InChI is InChI=1S/C11H21ClO/c1-3-4-10(2)11(9-12)5-7-13-8-6-11/h10H,3-9H2,1-2H3. The number of halogens is 1. The van der Waals surface area contributed by atoms with E-state index in [0.29, 0.717) is 5.41 Å². The molecule has 0 aliphatic carbocycles. The van der Waals surface area contributed by atoms with Gasteiger partial charge >= 0.3 is 0 Å². The summed E-state index contributed by atoms with van der Waals surface area (Å²) in [5, 5.41) is 0. The summed E-state index contributed by atoms with van der Waals surface area (Å²) in [6.07, 6.45) is 4.86. The first-order chi connectivity index (χ1) is 6.25. The highest BCUT2D eigenvalue weighted by atomic mass is 35.5. The van der Waals surface area contributed by atoms with Crippen molar-refractivity contribution in [1.29, 1.82) is 0 Å². The van der Waals surface area contributed by atoms with Crippen LogP contribution in [0, 0.1) is 11.3 Å². The Morgan fingerprint density at radius 2 is 2.00 bits per heavy atom. The van der Waals surface area contributed by atoms with Gasteiger partial charge in [0.1, 0.15) is 0 Å². The molecule has 0 bridgehead atoms. The summed E-state index contributed by atoms with van der Waals surface area (Å²) in [5.74, 6) is 1.55. The van der Waals surface area contributed by atoms with Crippen LogP contribution in [0.5, 0.6) is 0 Å². The highest BCUT2D eigenvalue weighted by molar-refractivity contribution is 6.18. The Kier molecular flexibility index (Phi) is 4.54. The lowest BCUT2D eigenvalue weighted by Crippen LogP contribution is -2.37. The van der Waals surface area contributed by atoms with Crippen LogP contribution in [-0.4, -0.2) is 19.1 Å². The van der Waals surface area contributed by atoms with Crippen LogP contribution in [0.4, 0.5) is 0 Å². The number of alkyl halides is 1. The molecule has 1 aliphatic heterocycles. The van der Waals surface area contributed by atoms with Crippen molar-refractivity contribution in [3.8, 4) is 0 Å². The molecule has 1 aliphatic rings. The molecular formula is C11H21ClO. The Labute approximate surface area is 86.8 Å². The SMILES string of the molecule is CCCC(C)C1(CCl)CCOCC1. The molecule has 0 N–H and O–H groups in total. The smallest absolute Gasteiger partial charge is 0.0471 e. The Balaban J connectivity index is 2.55. The Bertz CT molecular complexity index is 141. The Morgan fingerprint density at radius 1 is 1.38 bits per heavy atom. The molecule has 1 rings (SSSR count). The average Bonchev–Trinajstić information content (AvgIpc) is 2.19. The van der Waals surface area contributed by atoms with E-state index in [1.807, 2.05) is 0 Å². The minimum atomic E-state index is 0.371. The third-order valence-corrected chi connectivity index (χ3v) is 4.05. The summed E-state index contributed by atoms with van der Waals surface area (Å²) in [6.45, 7) is 6.40. The van der Waals surface area contributed by atoms with Crippen LogP contribution >= 0.6 is 11.6 Å². The maximum atomic E-state index is 6.11. The predicted octanol–water partition coefficient (Wildman–Crippen LogP) is 3.46. The minimum Gasteiger partial charge on any atom is -0.381 e. The van der Waals surface area contributed by atoms with Crippen molar-refractivity contribution in [1.82, 2.24) is 0 Å². The van der Waals surface area contributed by atoms with Crippen LogP contribution in [0.15, 0.2) is 0 Å². The van der Waals surface area contributed by atoms with E-state index in [-0.39, 0.29) is 0 Å². The second kappa shape index (κ2) is 5.21. The van der Waals surface area contributed by atoms with Gasteiger partial charge in [-0.2, -0.15) is 0 Å². The molecule has 0 spiro atoms. The molecular weight excluding hydrogens is 184 g/mol. The van der Waals surface area contributed by atoms with Crippen molar-refractivity contribution in [3.63, 3.8) is 0 Å². The van der Waals surface area contributed by atoms with Crippen LogP contribution in [0.1, 0.15) is 39.5 Å². The summed E-state index contributed by atoms with van der Waals surface area (Å²) < 4.78 is 5.40. The zero-order chi connectivity index (χ0) is 9.73. The van der Waals surface area contributed by atoms with E-state index in [2.05, 4.69) is 13.8 Å². The first-order valence-corrected chi connectivity index (χ1v) is 5.92. The second-order valence-electron chi connectivity index (χ2n) is 4.30. The lowest BCUT2D eigenvalue weighted by atomic mass is 9.70. The molecule has 2 heteroatoms. The third kappa shape index (κ3) is 2.60. The van der Waals surface area contributed by atoms with E-state index < -0.39 is 0 Å². The molecule has 1 nitrogen and oxygen atoms in total. The van der Waals surface area contributed by atoms with Crippen LogP contribution in [0.2, 0.25) is 0 Å². The van der Waals surface area contributed by atoms with Crippen LogP contribution in [-0.2, 0) is 4.74 Å². The number of rotatable bonds is 4. The lowest BCUT2D eigenvalue weighted by Gasteiger charge is -2.40. The third-order valence-electron chi connectivity index (χ3n) is 3.52. The second-order valence-corrected chi connectivity index (χ2v) is 4.57. The molecule has 0 amide bonds. The molecule has 78 valence electrons. The molecule has 0 aromatic rings. The summed E-state index contributed by atoms with van der Waals surface area (Å²) in [7, 11) is 0. The molecule has 0 radical (unpaired) electrons. The monoisotopic (exact) mass is 204 g/mol. The highest BCUT2D eigenvalue weighted by Gasteiger charge is 2.36. The van der Waals surface area contributed by atoms with Crippen molar-refractivity contribution in [2.24, 2.45) is 11.3 Å². The normalized spacial score (nSPS) is 24.2. The number of hydrogen-bond acceptors (Lipinski definition) is 1. The predicted molar refractivity (Wildman–Crippen MR) is 57.3 cm³/mol. The minimum absolute atomic E-state index is 0.371. The van der Waals surface area contributed by atoms with Gasteiger partial charge in [-0.3, -0.25) is 0 Å². The van der Waals surface area contributed by atoms with Crippen LogP contribution in [0.25, 0.3) is 0 Å². The zero-order valence-electron chi connectivity index (χ0n) is 8.81. The van der Waals surface area contributed by atoms with E-state index in [1.54, 1.807) is 0 Å². The Morgan fingerprint density at radius 3 is 2.46 bits per heavy atom. The van der Waals surface area contributed by atoms with Gasteiger partial charge in [-0.1, -0.05) is 26.7 Å². The zero-order valence-corrected chi connectivity index (χ0v) is 9.57. The van der Waals surface area contributed by atoms with Crippen molar-refractivity contribution >= 4 is 11.6 Å². The van der Waals surface area contributed by atoms with E-state index >= 15 is 0 Å². The van der Waals surface area contributed by atoms with Crippen molar-refractivity contribution in [2.75, 3.05) is 19.1 Å². The van der Waals surface area contributed by atoms with Gasteiger partial charge in [0.05, 0.1) is 0 Å². The van der Waals surface area contributed by atoms with E-state index in [9.17, 15) is 0 Å². The number of hydrogen-bond donors (Lipinski definition) is 0. The quantitative estimate of drug-likeness (QED) is 0.638. The summed E-state index contributed by atoms with van der Waals surface area (Å²) in [4.78, 5) is 0. The van der Waals surface area contributed by atoms with Gasteiger partial charge in [0.15, 0.2) is 0 Å². The van der Waals surface area contributed by atoms with Gasteiger partial charge in [-0.05, 0) is 24.2 Å². The van der Waals surface area contributed by atoms with Gasteiger partial charge < -0.3 is 4.74 Å². The van der Waals surface area contributed by atoms with Crippen molar-refractivity contribution < 1.29 is 4.74 Å². The molecule has 1 heterocycles. The van der Waals surface area contributed by atoms with Gasteiger partial charge in [0.25, 0.3) is 0 Å². The fourth-order valence-corrected chi connectivity index (χ4v) is 2.81. The largest absolute Gasteiger partial charge is 0.381 e. The maximum Gasteiger partial charge on any atom is 0.0471 e. The molecule has 0 saturated carbocycles. The maximum absolute atomic E-state index is 6.11. The van der Waals surface area contributed by atoms with Gasteiger partial charge in [-0.15, -0.1) is 11.6 Å². The van der Waals surface area contributed by atoms with Crippen LogP contribution in [0.3, 0.4) is 0 Å². The van der Waals surface area contributed by atoms with E-state index in [1.165, 1.54) is 12.8 Å². The summed E-state index contributed by atoms with van der Waals surface area (Å²) in [6, 6.07) is 0. The first kappa shape index (κ1) is 11.3. The van der Waals surface area contributed by atoms with Gasteiger partial charge in [0, 0.05) is 19.1 Å². The molecule has 0 aromatic carbocycles. The van der Waals surface area contributed by atoms with E-state index in [0.717, 1.165) is 37.9 Å². The van der Waals surface area contributed by atoms with Crippen LogP contribution < -0.4 is 0 Å². The van der Waals surface area contributed by atoms with Crippen molar-refractivity contribution in [2.45, 2.75) is 39.5 Å². The van der Waals surface area contributed by atoms with Gasteiger partial charge in [-0.25, -0.2) is 0 Å². The fourth-order valence-electron chi connectivity index (χ4n) is 2.28. The molecule has 1 atom stereocenters. The Hall–Kier alpha value is 0.250. The molecule has 0 aromatic heterocycles. The lowest BCUT2D eigenvalue weighted by molar-refractivity contribution is -0.00356. The molecule has 13 heavy (non-hydrogen) atoms. The molecule has 1 fully saturated rings. The van der Waals surface area contributed by atoms with Crippen molar-refractivity contribution in [3.05, 3.63) is 0 Å². The number of ether oxygens (including phenoxy) is 1. The average molecular weight is 205 g/mol. The first-order valence-electron chi connectivity index (χ1n) is 5.39. The molecule has 1 saturated heterocycles. The van der Waals surface area contributed by atoms with E-state index in [4.69, 9.17) is 16.3 Å². The van der Waals surface area contributed by atoms with Gasteiger partial charge in [0.2, 0.25) is 0 Å². The summed E-state index contributed by atoms with van der Waals surface area (Å²) >= 11 is 6.11.